The van der Waals surface area contributed by atoms with Crippen molar-refractivity contribution in [1.82, 2.24) is 0 Å². The maximum atomic E-state index is 2.60. The number of fused-ring (bicyclic) bond motifs is 2. The minimum absolute atomic E-state index is 0. The molecule has 0 heterocycles. The second-order valence-corrected chi connectivity index (χ2v) is 27.5. The minimum atomic E-state index is -2.34. The van der Waals surface area contributed by atoms with Crippen molar-refractivity contribution in [3.63, 3.8) is 0 Å². The van der Waals surface area contributed by atoms with Crippen molar-refractivity contribution in [3.05, 3.63) is 132 Å². The topological polar surface area (TPSA) is 0 Å². The summed E-state index contributed by atoms with van der Waals surface area (Å²) < 4.78 is 3.50. The number of benzene rings is 2. The first-order valence-electron chi connectivity index (χ1n) is 14.5. The second-order valence-electron chi connectivity index (χ2n) is 10.8. The van der Waals surface area contributed by atoms with Gasteiger partial charge in [-0.15, -0.1) is 24.8 Å². The smallest absolute Gasteiger partial charge is 0.147 e. The van der Waals surface area contributed by atoms with Crippen LogP contribution in [0.1, 0.15) is 25.0 Å². The third-order valence-electron chi connectivity index (χ3n) is 8.18. The molecule has 0 unspecified atom stereocenters. The molecule has 0 amide bonds. The first kappa shape index (κ1) is 32.4. The van der Waals surface area contributed by atoms with E-state index in [2.05, 4.69) is 148 Å². The third-order valence-corrected chi connectivity index (χ3v) is 24.9. The Bertz CT molecular complexity index is 1650. The van der Waals surface area contributed by atoms with Crippen molar-refractivity contribution in [1.29, 1.82) is 0 Å². The van der Waals surface area contributed by atoms with Crippen LogP contribution in [-0.4, -0.2) is 5.43 Å². The predicted molar refractivity (Wildman–Crippen MR) is 187 cm³/mol. The summed E-state index contributed by atoms with van der Waals surface area (Å²) in [7, 11) is 0. The van der Waals surface area contributed by atoms with Crippen molar-refractivity contribution >= 4 is 36.8 Å². The molecule has 0 bridgehead atoms. The molecule has 4 heteroatoms. The maximum absolute atomic E-state index is 2.60. The van der Waals surface area contributed by atoms with Gasteiger partial charge in [0.15, 0.2) is 0 Å². The van der Waals surface area contributed by atoms with Crippen LogP contribution in [-0.2, 0) is 33.2 Å². The van der Waals surface area contributed by atoms with Crippen molar-refractivity contribution < 1.29 is 20.4 Å². The Morgan fingerprint density at radius 2 is 0.786 bits per heavy atom. The van der Waals surface area contributed by atoms with Crippen LogP contribution in [0, 0.1) is 0 Å². The van der Waals surface area contributed by atoms with E-state index in [1.54, 1.807) is 17.7 Å². The van der Waals surface area contributed by atoms with Crippen LogP contribution in [0.2, 0.25) is 13.1 Å². The Hall–Kier alpha value is -2.48. The first-order chi connectivity index (χ1) is 19.6. The molecular weight excluding hydrogens is 647 g/mol. The summed E-state index contributed by atoms with van der Waals surface area (Å²) in [4.78, 5) is 0. The summed E-state index contributed by atoms with van der Waals surface area (Å²) in [5.41, 5.74) is 13.8. The molecule has 0 saturated heterocycles. The van der Waals surface area contributed by atoms with Gasteiger partial charge in [-0.1, -0.05) is 0 Å². The average molecular weight is 685 g/mol. The molecule has 0 spiro atoms. The quantitative estimate of drug-likeness (QED) is 0.153. The van der Waals surface area contributed by atoms with E-state index in [0.717, 1.165) is 12.8 Å². The Labute approximate surface area is 271 Å². The summed E-state index contributed by atoms with van der Waals surface area (Å²) >= 11 is -2.34. The van der Waals surface area contributed by atoms with E-state index in [0.29, 0.717) is 0 Å². The summed E-state index contributed by atoms with van der Waals surface area (Å²) in [6, 6.07) is 45.5. The molecule has 0 radical (unpaired) electrons. The van der Waals surface area contributed by atoms with Gasteiger partial charge >= 0.3 is 249 Å². The molecule has 0 saturated carbocycles. The van der Waals surface area contributed by atoms with Gasteiger partial charge in [0.05, 0.1) is 0 Å². The van der Waals surface area contributed by atoms with Gasteiger partial charge in [-0.3, -0.25) is 0 Å². The normalized spacial score (nSPS) is 10.7. The van der Waals surface area contributed by atoms with Gasteiger partial charge in [0, 0.05) is 0 Å². The monoisotopic (exact) mass is 682 g/mol. The van der Waals surface area contributed by atoms with E-state index < -0.39 is 25.8 Å². The largest absolute Gasteiger partial charge is 0.147 e. The van der Waals surface area contributed by atoms with Crippen molar-refractivity contribution in [2.24, 2.45) is 0 Å². The standard InChI is InChI=1S/2C18H15.C2H6Si.2ClH.Zr/c2*1-2-14-12-16-10-6-7-11-17(18(16)13-14)15-8-4-3-5-9-15;1-3-2;;;/h2*3-11,13H,2H2,1H3;1-2H3;2*1H;. The van der Waals surface area contributed by atoms with Gasteiger partial charge in [-0.2, -0.15) is 0 Å². The number of hydrogen-bond acceptors (Lipinski definition) is 0. The number of rotatable bonds is 6. The van der Waals surface area contributed by atoms with Crippen LogP contribution in [0.15, 0.2) is 121 Å². The molecule has 212 valence electrons. The van der Waals surface area contributed by atoms with E-state index in [4.69, 9.17) is 0 Å². The summed E-state index contributed by atoms with van der Waals surface area (Å²) in [6.07, 6.45) is 2.18. The zero-order valence-corrected chi connectivity index (χ0v) is 29.9. The number of aryl methyl sites for hydroxylation is 2. The van der Waals surface area contributed by atoms with Crippen molar-refractivity contribution in [2.75, 3.05) is 0 Å². The van der Waals surface area contributed by atoms with Gasteiger partial charge in [0.2, 0.25) is 0 Å². The molecule has 0 nitrogen and oxygen atoms in total. The Morgan fingerprint density at radius 3 is 1.12 bits per heavy atom. The third kappa shape index (κ3) is 5.97. The molecule has 0 aromatic heterocycles. The van der Waals surface area contributed by atoms with E-state index in [1.807, 2.05) is 0 Å². The maximum Gasteiger partial charge on any atom is -0.147 e. The molecule has 4 aliphatic rings. The predicted octanol–water partition coefficient (Wildman–Crippen LogP) is 10.0. The molecule has 0 aliphatic heterocycles. The number of halogens is 2. The van der Waals surface area contributed by atoms with Crippen LogP contribution >= 0.6 is 24.8 Å². The molecule has 6 rings (SSSR count). The summed E-state index contributed by atoms with van der Waals surface area (Å²) in [5, 5.41) is 0. The van der Waals surface area contributed by atoms with Crippen LogP contribution in [0.4, 0.5) is 0 Å². The molecule has 42 heavy (non-hydrogen) atoms. The fourth-order valence-electron chi connectivity index (χ4n) is 6.35. The van der Waals surface area contributed by atoms with Crippen LogP contribution in [0.3, 0.4) is 0 Å². The first-order valence-corrected chi connectivity index (χ1v) is 23.1. The Kier molecular flexibility index (Phi) is 11.1. The molecule has 4 aliphatic carbocycles. The zero-order chi connectivity index (χ0) is 27.6. The summed E-state index contributed by atoms with van der Waals surface area (Å²) in [5.74, 6) is 0. The fraction of sp³-hybridized carbons (Fsp3) is 0.158. The SMILES string of the molecule is CCc1cc2c(-c3ccccc3)ccccc-2[c]1[Zr]([c]1c(CC)cc2c(-c3ccccc3)ccccc1-2)=[Si](C)C.Cl.Cl. The van der Waals surface area contributed by atoms with Gasteiger partial charge < -0.3 is 0 Å². The molecule has 2 aromatic rings. The molecule has 0 fully saturated rings. The van der Waals surface area contributed by atoms with Gasteiger partial charge in [0.1, 0.15) is 0 Å². The second kappa shape index (κ2) is 14.3. The zero-order valence-electron chi connectivity index (χ0n) is 24.8. The Morgan fingerprint density at radius 1 is 0.452 bits per heavy atom. The molecule has 2 aromatic carbocycles. The van der Waals surface area contributed by atoms with Crippen molar-refractivity contribution in [3.8, 4) is 44.5 Å². The minimum Gasteiger partial charge on any atom is -0.147 e. The van der Waals surface area contributed by atoms with Crippen LogP contribution in [0.5, 0.6) is 0 Å². The Balaban J connectivity index is 0.00000202. The molecular formula is C38H38Cl2SiZr. The van der Waals surface area contributed by atoms with Crippen molar-refractivity contribution in [2.45, 2.75) is 39.8 Å². The average Bonchev–Trinajstić information content (AvgIpc) is 3.33. The van der Waals surface area contributed by atoms with Crippen LogP contribution < -0.4 is 6.54 Å². The van der Waals surface area contributed by atoms with E-state index in [-0.39, 0.29) is 24.8 Å². The molecule has 0 N–H and O–H groups in total. The molecule has 0 atom stereocenters. The fourth-order valence-corrected chi connectivity index (χ4v) is 24.0. The summed E-state index contributed by atoms with van der Waals surface area (Å²) in [6.45, 7) is 9.90. The van der Waals surface area contributed by atoms with Gasteiger partial charge in [-0.05, 0) is 0 Å². The van der Waals surface area contributed by atoms with Crippen LogP contribution in [0.25, 0.3) is 44.5 Å². The van der Waals surface area contributed by atoms with Gasteiger partial charge in [-0.25, -0.2) is 0 Å². The van der Waals surface area contributed by atoms with E-state index >= 15 is 0 Å². The van der Waals surface area contributed by atoms with Gasteiger partial charge in [0.25, 0.3) is 0 Å². The number of hydrogen-bond donors (Lipinski definition) is 0. The van der Waals surface area contributed by atoms with E-state index in [9.17, 15) is 0 Å². The van der Waals surface area contributed by atoms with E-state index in [1.165, 1.54) is 44.5 Å².